The molecule has 0 amide bonds. The van der Waals surface area contributed by atoms with Crippen molar-refractivity contribution in [2.75, 3.05) is 13.2 Å². The van der Waals surface area contributed by atoms with E-state index in [0.717, 1.165) is 13.2 Å². The van der Waals surface area contributed by atoms with Crippen LogP contribution in [-0.2, 0) is 4.74 Å². The molecule has 0 saturated carbocycles. The van der Waals surface area contributed by atoms with E-state index in [0.29, 0.717) is 12.0 Å². The lowest BCUT2D eigenvalue weighted by Gasteiger charge is -2.21. The number of hydrazine groups is 1. The normalized spacial score (nSPS) is 24.9. The first-order valence-corrected chi connectivity index (χ1v) is 5.42. The van der Waals surface area contributed by atoms with Crippen LogP contribution in [0, 0.1) is 5.92 Å². The minimum atomic E-state index is 0.467. The van der Waals surface area contributed by atoms with Crippen molar-refractivity contribution < 1.29 is 4.74 Å². The molecule has 3 nitrogen and oxygen atoms in total. The SMILES string of the molecule is CCCCCC(NN)C1CCOC1. The molecule has 1 aliphatic rings. The molecule has 1 saturated heterocycles. The van der Waals surface area contributed by atoms with Gasteiger partial charge in [0.25, 0.3) is 0 Å². The Hall–Kier alpha value is -0.120. The van der Waals surface area contributed by atoms with Gasteiger partial charge in [0.1, 0.15) is 0 Å². The molecule has 0 aromatic heterocycles. The van der Waals surface area contributed by atoms with Crippen molar-refractivity contribution in [1.82, 2.24) is 5.43 Å². The summed E-state index contributed by atoms with van der Waals surface area (Å²) in [6.45, 7) is 4.03. The van der Waals surface area contributed by atoms with Crippen LogP contribution in [0.2, 0.25) is 0 Å². The summed E-state index contributed by atoms with van der Waals surface area (Å²) in [5, 5.41) is 0. The highest BCUT2D eigenvalue weighted by Crippen LogP contribution is 2.20. The summed E-state index contributed by atoms with van der Waals surface area (Å²) < 4.78 is 5.35. The van der Waals surface area contributed by atoms with E-state index < -0.39 is 0 Å². The van der Waals surface area contributed by atoms with Gasteiger partial charge in [-0.1, -0.05) is 26.2 Å². The molecule has 0 aliphatic carbocycles. The second-order valence-electron chi connectivity index (χ2n) is 3.89. The van der Waals surface area contributed by atoms with Crippen LogP contribution in [0.1, 0.15) is 39.0 Å². The Labute approximate surface area is 81.0 Å². The standard InChI is InChI=1S/C10H22N2O/c1-2-3-4-5-10(12-11)9-6-7-13-8-9/h9-10,12H,2-8,11H2,1H3. The third-order valence-electron chi connectivity index (χ3n) is 2.87. The number of hydrogen-bond donors (Lipinski definition) is 2. The Balaban J connectivity index is 2.16. The summed E-state index contributed by atoms with van der Waals surface area (Å²) in [5.41, 5.74) is 2.92. The van der Waals surface area contributed by atoms with Crippen LogP contribution in [0.25, 0.3) is 0 Å². The van der Waals surface area contributed by atoms with Crippen LogP contribution < -0.4 is 11.3 Å². The van der Waals surface area contributed by atoms with Crippen LogP contribution >= 0.6 is 0 Å². The van der Waals surface area contributed by atoms with E-state index in [-0.39, 0.29) is 0 Å². The Morgan fingerprint density at radius 3 is 2.92 bits per heavy atom. The van der Waals surface area contributed by atoms with Crippen molar-refractivity contribution in [1.29, 1.82) is 0 Å². The third kappa shape index (κ3) is 3.63. The van der Waals surface area contributed by atoms with Gasteiger partial charge in [0.2, 0.25) is 0 Å². The van der Waals surface area contributed by atoms with Gasteiger partial charge >= 0.3 is 0 Å². The molecule has 2 unspecified atom stereocenters. The first kappa shape index (κ1) is 11.0. The zero-order chi connectivity index (χ0) is 9.52. The molecule has 0 spiro atoms. The zero-order valence-corrected chi connectivity index (χ0v) is 8.59. The topological polar surface area (TPSA) is 47.3 Å². The number of ether oxygens (including phenoxy) is 1. The van der Waals surface area contributed by atoms with Gasteiger partial charge in [0, 0.05) is 18.6 Å². The van der Waals surface area contributed by atoms with Gasteiger partial charge < -0.3 is 4.74 Å². The molecular formula is C10H22N2O. The van der Waals surface area contributed by atoms with Crippen LogP contribution in [0.3, 0.4) is 0 Å². The minimum absolute atomic E-state index is 0.467. The molecule has 0 aromatic rings. The minimum Gasteiger partial charge on any atom is -0.381 e. The summed E-state index contributed by atoms with van der Waals surface area (Å²) in [6.07, 6.45) is 6.23. The number of hydrogen-bond acceptors (Lipinski definition) is 3. The van der Waals surface area contributed by atoms with Crippen molar-refractivity contribution >= 4 is 0 Å². The highest BCUT2D eigenvalue weighted by molar-refractivity contribution is 4.77. The Kier molecular flexibility index (Phi) is 5.35. The van der Waals surface area contributed by atoms with E-state index in [4.69, 9.17) is 10.6 Å². The predicted octanol–water partition coefficient (Wildman–Crippen LogP) is 1.44. The van der Waals surface area contributed by atoms with E-state index in [1.165, 1.54) is 32.1 Å². The fourth-order valence-corrected chi connectivity index (χ4v) is 1.94. The van der Waals surface area contributed by atoms with E-state index in [9.17, 15) is 0 Å². The first-order chi connectivity index (χ1) is 6.38. The van der Waals surface area contributed by atoms with Gasteiger partial charge in [0.05, 0.1) is 6.61 Å². The van der Waals surface area contributed by atoms with Crippen LogP contribution in [0.5, 0.6) is 0 Å². The number of nitrogens with one attached hydrogen (secondary N) is 1. The van der Waals surface area contributed by atoms with Crippen LogP contribution in [0.4, 0.5) is 0 Å². The lowest BCUT2D eigenvalue weighted by Crippen LogP contribution is -2.41. The molecule has 0 aromatic carbocycles. The lowest BCUT2D eigenvalue weighted by molar-refractivity contribution is 0.174. The quantitative estimate of drug-likeness (QED) is 0.375. The van der Waals surface area contributed by atoms with E-state index in [1.54, 1.807) is 0 Å². The first-order valence-electron chi connectivity index (χ1n) is 5.42. The van der Waals surface area contributed by atoms with Crippen LogP contribution in [0.15, 0.2) is 0 Å². The molecule has 3 N–H and O–H groups in total. The van der Waals surface area contributed by atoms with Gasteiger partial charge in [0.15, 0.2) is 0 Å². The predicted molar refractivity (Wildman–Crippen MR) is 54.2 cm³/mol. The summed E-state index contributed by atoms with van der Waals surface area (Å²) in [5.74, 6) is 6.17. The fourth-order valence-electron chi connectivity index (χ4n) is 1.94. The molecule has 0 bridgehead atoms. The number of nitrogens with two attached hydrogens (primary N) is 1. The van der Waals surface area contributed by atoms with Crippen molar-refractivity contribution in [2.45, 2.75) is 45.1 Å². The largest absolute Gasteiger partial charge is 0.381 e. The number of rotatable bonds is 6. The van der Waals surface area contributed by atoms with Gasteiger partial charge in [-0.25, -0.2) is 0 Å². The second-order valence-corrected chi connectivity index (χ2v) is 3.89. The van der Waals surface area contributed by atoms with E-state index >= 15 is 0 Å². The average Bonchev–Trinajstić information content (AvgIpc) is 2.65. The molecule has 3 heteroatoms. The average molecular weight is 186 g/mol. The molecule has 2 atom stereocenters. The molecule has 1 fully saturated rings. The molecular weight excluding hydrogens is 164 g/mol. The van der Waals surface area contributed by atoms with Crippen molar-refractivity contribution in [3.05, 3.63) is 0 Å². The highest BCUT2D eigenvalue weighted by atomic mass is 16.5. The maximum absolute atomic E-state index is 5.53. The third-order valence-corrected chi connectivity index (χ3v) is 2.87. The van der Waals surface area contributed by atoms with Gasteiger partial charge in [-0.05, 0) is 12.8 Å². The van der Waals surface area contributed by atoms with Gasteiger partial charge in [-0.2, -0.15) is 0 Å². The monoisotopic (exact) mass is 186 g/mol. The van der Waals surface area contributed by atoms with Crippen molar-refractivity contribution in [3.8, 4) is 0 Å². The summed E-state index contributed by atoms with van der Waals surface area (Å²) in [6, 6.07) is 0.467. The van der Waals surface area contributed by atoms with E-state index in [1.807, 2.05) is 0 Å². The van der Waals surface area contributed by atoms with Gasteiger partial charge in [-0.3, -0.25) is 11.3 Å². The maximum Gasteiger partial charge on any atom is 0.0510 e. The summed E-state index contributed by atoms with van der Waals surface area (Å²) >= 11 is 0. The summed E-state index contributed by atoms with van der Waals surface area (Å²) in [4.78, 5) is 0. The molecule has 1 heterocycles. The zero-order valence-electron chi connectivity index (χ0n) is 8.59. The Morgan fingerprint density at radius 2 is 2.38 bits per heavy atom. The van der Waals surface area contributed by atoms with Crippen LogP contribution in [-0.4, -0.2) is 19.3 Å². The maximum atomic E-state index is 5.53. The Morgan fingerprint density at radius 1 is 1.54 bits per heavy atom. The van der Waals surface area contributed by atoms with E-state index in [2.05, 4.69) is 12.3 Å². The second kappa shape index (κ2) is 6.35. The molecule has 78 valence electrons. The Bertz CT molecular complexity index is 124. The molecule has 1 rings (SSSR count). The molecule has 0 radical (unpaired) electrons. The summed E-state index contributed by atoms with van der Waals surface area (Å²) in [7, 11) is 0. The molecule has 1 aliphatic heterocycles. The fraction of sp³-hybridized carbons (Fsp3) is 1.00. The molecule has 13 heavy (non-hydrogen) atoms. The lowest BCUT2D eigenvalue weighted by atomic mass is 9.94. The highest BCUT2D eigenvalue weighted by Gasteiger charge is 2.23. The van der Waals surface area contributed by atoms with Crippen molar-refractivity contribution in [3.63, 3.8) is 0 Å². The smallest absolute Gasteiger partial charge is 0.0510 e. The van der Waals surface area contributed by atoms with Gasteiger partial charge in [-0.15, -0.1) is 0 Å². The van der Waals surface area contributed by atoms with Crippen molar-refractivity contribution in [2.24, 2.45) is 11.8 Å². The number of unbranched alkanes of at least 4 members (excludes halogenated alkanes) is 2.